The molecule has 0 saturated heterocycles. The Balaban J connectivity index is 1.06. The Bertz CT molecular complexity index is 2950. The molecule has 0 N–H and O–H groups in total. The predicted molar refractivity (Wildman–Crippen MR) is 225 cm³/mol. The van der Waals surface area contributed by atoms with E-state index < -0.39 is 0 Å². The molecule has 0 spiro atoms. The fourth-order valence-corrected chi connectivity index (χ4v) is 7.29. The van der Waals surface area contributed by atoms with E-state index in [2.05, 4.69) is 140 Å². The van der Waals surface area contributed by atoms with Crippen LogP contribution < -0.4 is 0 Å². The van der Waals surface area contributed by atoms with Gasteiger partial charge in [0.25, 0.3) is 0 Å². The second kappa shape index (κ2) is 13.8. The van der Waals surface area contributed by atoms with Crippen molar-refractivity contribution < 1.29 is 4.42 Å². The molecule has 4 nitrogen and oxygen atoms in total. The zero-order valence-corrected chi connectivity index (χ0v) is 29.8. The zero-order valence-electron chi connectivity index (χ0n) is 29.8. The highest BCUT2D eigenvalue weighted by Gasteiger charge is 2.15. The normalized spacial score (nSPS) is 11.3. The lowest BCUT2D eigenvalue weighted by molar-refractivity contribution is 0.669. The molecule has 10 aromatic rings. The fraction of sp³-hybridized carbons (Fsp3) is 0. The highest BCUT2D eigenvalue weighted by atomic mass is 16.3. The molecule has 0 bridgehead atoms. The molecule has 0 amide bonds. The molecule has 4 heteroatoms. The van der Waals surface area contributed by atoms with Gasteiger partial charge in [0.1, 0.15) is 11.2 Å². The first-order valence-corrected chi connectivity index (χ1v) is 18.4. The van der Waals surface area contributed by atoms with Gasteiger partial charge in [-0.25, -0.2) is 15.0 Å². The van der Waals surface area contributed by atoms with Crippen LogP contribution in [0.2, 0.25) is 0 Å². The van der Waals surface area contributed by atoms with E-state index in [1.165, 1.54) is 27.8 Å². The van der Waals surface area contributed by atoms with E-state index in [4.69, 9.17) is 19.4 Å². The Morgan fingerprint density at radius 1 is 0.236 bits per heavy atom. The fourth-order valence-electron chi connectivity index (χ4n) is 7.29. The largest absolute Gasteiger partial charge is 0.456 e. The number of rotatable bonds is 7. The molecule has 2 aromatic heterocycles. The molecule has 0 aliphatic carbocycles. The van der Waals surface area contributed by atoms with Gasteiger partial charge in [-0.1, -0.05) is 152 Å². The highest BCUT2D eigenvalue weighted by Crippen LogP contribution is 2.36. The molecule has 2 heterocycles. The van der Waals surface area contributed by atoms with Crippen LogP contribution in [0.5, 0.6) is 0 Å². The summed E-state index contributed by atoms with van der Waals surface area (Å²) in [6.45, 7) is 0. The summed E-state index contributed by atoms with van der Waals surface area (Å²) in [7, 11) is 0. The molecule has 8 aromatic carbocycles. The number of nitrogens with zero attached hydrogens (tertiary/aromatic N) is 3. The maximum absolute atomic E-state index is 6.11. The van der Waals surface area contributed by atoms with Crippen molar-refractivity contribution in [2.24, 2.45) is 0 Å². The van der Waals surface area contributed by atoms with Crippen LogP contribution in [0.1, 0.15) is 0 Å². The second-order valence-electron chi connectivity index (χ2n) is 13.7. The molecular formula is C51H33N3O. The maximum Gasteiger partial charge on any atom is 0.164 e. The van der Waals surface area contributed by atoms with Gasteiger partial charge in [0.2, 0.25) is 0 Å². The lowest BCUT2D eigenvalue weighted by Crippen LogP contribution is -2.00. The van der Waals surface area contributed by atoms with Gasteiger partial charge < -0.3 is 4.42 Å². The van der Waals surface area contributed by atoms with Gasteiger partial charge in [-0.05, 0) is 93.0 Å². The SMILES string of the molecule is c1ccc(-c2cccc(-c3cc(-c4ccccc4)cc(-c4ccc(-c5nc(-c6ccccc6)nc(-c6ccc7oc8ccccc8c7c6)n5)cc4)c3)c2)cc1. The van der Waals surface area contributed by atoms with Gasteiger partial charge in [-0.15, -0.1) is 0 Å². The average Bonchev–Trinajstić information content (AvgIpc) is 3.65. The summed E-state index contributed by atoms with van der Waals surface area (Å²) in [5, 5.41) is 2.10. The molecular weight excluding hydrogens is 671 g/mol. The van der Waals surface area contributed by atoms with E-state index in [-0.39, 0.29) is 0 Å². The van der Waals surface area contributed by atoms with E-state index in [9.17, 15) is 0 Å². The standard InChI is InChI=1S/C51H33N3O/c1-4-13-34(14-5-1)39-19-12-20-40(29-39)44-31-42(35-15-6-2-7-16-35)30-43(32-44)36-23-25-38(26-24-36)50-52-49(37-17-8-3-9-18-37)53-51(54-50)41-27-28-48-46(33-41)45-21-10-11-22-47(45)55-48/h1-33H. The molecule has 0 aliphatic heterocycles. The maximum atomic E-state index is 6.11. The monoisotopic (exact) mass is 703 g/mol. The third-order valence-electron chi connectivity index (χ3n) is 10.1. The quantitative estimate of drug-likeness (QED) is 0.166. The molecule has 0 aliphatic rings. The predicted octanol–water partition coefficient (Wildman–Crippen LogP) is 13.4. The number of aromatic nitrogens is 3. The minimum Gasteiger partial charge on any atom is -0.456 e. The van der Waals surface area contributed by atoms with Gasteiger partial charge >= 0.3 is 0 Å². The minimum atomic E-state index is 0.609. The van der Waals surface area contributed by atoms with Crippen LogP contribution in [0, 0.1) is 0 Å². The zero-order chi connectivity index (χ0) is 36.6. The average molecular weight is 704 g/mol. The Kier molecular flexibility index (Phi) is 8.12. The third-order valence-corrected chi connectivity index (χ3v) is 10.1. The molecule has 0 unspecified atom stereocenters. The summed E-state index contributed by atoms with van der Waals surface area (Å²) < 4.78 is 6.11. The first kappa shape index (κ1) is 32.2. The summed E-state index contributed by atoms with van der Waals surface area (Å²) in [6, 6.07) is 69.6. The molecule has 55 heavy (non-hydrogen) atoms. The topological polar surface area (TPSA) is 51.8 Å². The first-order valence-electron chi connectivity index (χ1n) is 18.4. The lowest BCUT2D eigenvalue weighted by Gasteiger charge is -2.13. The van der Waals surface area contributed by atoms with Gasteiger partial charge in [0.05, 0.1) is 0 Å². The lowest BCUT2D eigenvalue weighted by atomic mass is 9.92. The van der Waals surface area contributed by atoms with Crippen LogP contribution in [0.15, 0.2) is 205 Å². The number of para-hydroxylation sites is 1. The summed E-state index contributed by atoms with van der Waals surface area (Å²) in [4.78, 5) is 15.1. The van der Waals surface area contributed by atoms with Crippen LogP contribution in [0.4, 0.5) is 0 Å². The summed E-state index contributed by atoms with van der Waals surface area (Å²) >= 11 is 0. The summed E-state index contributed by atoms with van der Waals surface area (Å²) in [6.07, 6.45) is 0. The van der Waals surface area contributed by atoms with Crippen molar-refractivity contribution in [2.45, 2.75) is 0 Å². The van der Waals surface area contributed by atoms with Crippen molar-refractivity contribution >= 4 is 21.9 Å². The van der Waals surface area contributed by atoms with Crippen LogP contribution in [-0.2, 0) is 0 Å². The summed E-state index contributed by atoms with van der Waals surface area (Å²) in [5.74, 6) is 1.85. The number of hydrogen-bond donors (Lipinski definition) is 0. The Morgan fingerprint density at radius 3 is 1.25 bits per heavy atom. The molecule has 0 radical (unpaired) electrons. The van der Waals surface area contributed by atoms with E-state index in [1.807, 2.05) is 60.7 Å². The van der Waals surface area contributed by atoms with Gasteiger partial charge in [0, 0.05) is 27.5 Å². The third kappa shape index (κ3) is 6.36. The number of fused-ring (bicyclic) bond motifs is 3. The van der Waals surface area contributed by atoms with Crippen molar-refractivity contribution in [3.63, 3.8) is 0 Å². The van der Waals surface area contributed by atoms with Crippen molar-refractivity contribution in [3.05, 3.63) is 200 Å². The van der Waals surface area contributed by atoms with E-state index in [0.29, 0.717) is 17.5 Å². The Morgan fingerprint density at radius 2 is 0.618 bits per heavy atom. The highest BCUT2D eigenvalue weighted by molar-refractivity contribution is 6.06. The summed E-state index contributed by atoms with van der Waals surface area (Å²) in [5.41, 5.74) is 13.7. The van der Waals surface area contributed by atoms with E-state index >= 15 is 0 Å². The first-order chi connectivity index (χ1) is 27.2. The molecule has 10 rings (SSSR count). The van der Waals surface area contributed by atoms with E-state index in [0.717, 1.165) is 55.3 Å². The molecule has 0 saturated carbocycles. The van der Waals surface area contributed by atoms with Crippen molar-refractivity contribution in [1.29, 1.82) is 0 Å². The Hall–Kier alpha value is -7.43. The van der Waals surface area contributed by atoms with Crippen molar-refractivity contribution in [3.8, 4) is 78.7 Å². The van der Waals surface area contributed by atoms with Gasteiger partial charge in [-0.3, -0.25) is 0 Å². The molecule has 258 valence electrons. The van der Waals surface area contributed by atoms with Crippen LogP contribution in [0.25, 0.3) is 101 Å². The van der Waals surface area contributed by atoms with Crippen molar-refractivity contribution in [1.82, 2.24) is 15.0 Å². The Labute approximate surface area is 319 Å². The molecule has 0 fully saturated rings. The van der Waals surface area contributed by atoms with Crippen LogP contribution in [0.3, 0.4) is 0 Å². The van der Waals surface area contributed by atoms with Crippen molar-refractivity contribution in [2.75, 3.05) is 0 Å². The van der Waals surface area contributed by atoms with Crippen LogP contribution >= 0.6 is 0 Å². The van der Waals surface area contributed by atoms with Gasteiger partial charge in [-0.2, -0.15) is 0 Å². The van der Waals surface area contributed by atoms with Gasteiger partial charge in [0.15, 0.2) is 17.5 Å². The van der Waals surface area contributed by atoms with Crippen LogP contribution in [-0.4, -0.2) is 15.0 Å². The number of hydrogen-bond acceptors (Lipinski definition) is 4. The molecule has 0 atom stereocenters. The minimum absolute atomic E-state index is 0.609. The smallest absolute Gasteiger partial charge is 0.164 e. The number of benzene rings is 8. The van der Waals surface area contributed by atoms with E-state index in [1.54, 1.807) is 0 Å². The second-order valence-corrected chi connectivity index (χ2v) is 13.7. The number of furan rings is 1.